The highest BCUT2D eigenvalue weighted by Gasteiger charge is 2.39. The van der Waals surface area contributed by atoms with Crippen LogP contribution in [0.3, 0.4) is 0 Å². The zero-order chi connectivity index (χ0) is 21.4. The van der Waals surface area contributed by atoms with Crippen LogP contribution < -0.4 is 0 Å². The van der Waals surface area contributed by atoms with Gasteiger partial charge in [-0.15, -0.1) is 0 Å². The van der Waals surface area contributed by atoms with E-state index >= 15 is 0 Å². The number of piperazine rings is 1. The van der Waals surface area contributed by atoms with Crippen molar-refractivity contribution in [2.75, 3.05) is 19.6 Å². The fourth-order valence-corrected chi connectivity index (χ4v) is 3.34. The Kier molecular flexibility index (Phi) is 6.32. The van der Waals surface area contributed by atoms with Gasteiger partial charge in [0, 0.05) is 30.1 Å². The zero-order valence-electron chi connectivity index (χ0n) is 15.9. The quantitative estimate of drug-likeness (QED) is 0.561. The molecule has 1 atom stereocenters. The second-order valence-corrected chi connectivity index (χ2v) is 8.41. The van der Waals surface area contributed by atoms with Gasteiger partial charge in [-0.05, 0) is 55.8 Å². The molecular formula is C18H21BrF4N2O3. The molecule has 1 heterocycles. The summed E-state index contributed by atoms with van der Waals surface area (Å²) < 4.78 is 58.6. The van der Waals surface area contributed by atoms with Crippen molar-refractivity contribution < 1.29 is 31.9 Å². The molecule has 1 saturated heterocycles. The molecule has 10 heteroatoms. The van der Waals surface area contributed by atoms with Crippen LogP contribution in [0.5, 0.6) is 0 Å². The van der Waals surface area contributed by atoms with Crippen molar-refractivity contribution in [1.29, 1.82) is 0 Å². The molecule has 5 nitrogen and oxygen atoms in total. The van der Waals surface area contributed by atoms with Gasteiger partial charge in [0.15, 0.2) is 0 Å². The number of benzene rings is 1. The molecule has 0 bridgehead atoms. The molecule has 1 aromatic carbocycles. The minimum absolute atomic E-state index is 0.0430. The largest absolute Gasteiger partial charge is 0.444 e. The van der Waals surface area contributed by atoms with Crippen LogP contribution in [0.25, 0.3) is 0 Å². The molecule has 1 fully saturated rings. The summed E-state index contributed by atoms with van der Waals surface area (Å²) in [6.07, 6.45) is -5.46. The maximum atomic E-state index is 14.5. The SMILES string of the molecule is CC1CN(C(=O)OC(C)(C)C)CCN1C(=O)c1c(Br)ccc(C(F)(F)F)c1F. The highest BCUT2D eigenvalue weighted by atomic mass is 79.9. The van der Waals surface area contributed by atoms with E-state index in [-0.39, 0.29) is 24.1 Å². The second kappa shape index (κ2) is 7.88. The summed E-state index contributed by atoms with van der Waals surface area (Å²) in [6.45, 7) is 7.10. The zero-order valence-corrected chi connectivity index (χ0v) is 17.4. The van der Waals surface area contributed by atoms with Gasteiger partial charge in [0.2, 0.25) is 0 Å². The number of nitrogens with zero attached hydrogens (tertiary/aromatic N) is 2. The summed E-state index contributed by atoms with van der Waals surface area (Å²) in [5.41, 5.74) is -2.86. The van der Waals surface area contributed by atoms with Crippen LogP contribution in [-0.2, 0) is 10.9 Å². The van der Waals surface area contributed by atoms with Gasteiger partial charge in [0.1, 0.15) is 11.4 Å². The first-order chi connectivity index (χ1) is 12.7. The summed E-state index contributed by atoms with van der Waals surface area (Å²) in [5, 5.41) is 0. The van der Waals surface area contributed by atoms with Gasteiger partial charge in [-0.1, -0.05) is 0 Å². The van der Waals surface area contributed by atoms with Crippen LogP contribution in [0.1, 0.15) is 43.6 Å². The van der Waals surface area contributed by atoms with E-state index in [0.717, 1.165) is 6.07 Å². The number of ether oxygens (including phenoxy) is 1. The molecule has 0 aromatic heterocycles. The Balaban J connectivity index is 2.22. The Bertz CT molecular complexity index is 777. The minimum atomic E-state index is -4.92. The fraction of sp³-hybridized carbons (Fsp3) is 0.556. The average molecular weight is 469 g/mol. The van der Waals surface area contributed by atoms with Crippen LogP contribution in [0.15, 0.2) is 16.6 Å². The lowest BCUT2D eigenvalue weighted by atomic mass is 10.1. The lowest BCUT2D eigenvalue weighted by Crippen LogP contribution is -2.56. The molecule has 0 radical (unpaired) electrons. The third-order valence-corrected chi connectivity index (χ3v) is 4.81. The molecule has 0 saturated carbocycles. The van der Waals surface area contributed by atoms with Crippen molar-refractivity contribution in [2.45, 2.75) is 45.5 Å². The first-order valence-corrected chi connectivity index (χ1v) is 9.35. The summed E-state index contributed by atoms with van der Waals surface area (Å²) in [5.74, 6) is -2.49. The van der Waals surface area contributed by atoms with E-state index in [1.807, 2.05) is 0 Å². The Morgan fingerprint density at radius 1 is 1.18 bits per heavy atom. The number of hydrogen-bond acceptors (Lipinski definition) is 3. The summed E-state index contributed by atoms with van der Waals surface area (Å²) in [6, 6.07) is 1.05. The van der Waals surface area contributed by atoms with Gasteiger partial charge < -0.3 is 14.5 Å². The molecular weight excluding hydrogens is 448 g/mol. The molecule has 1 unspecified atom stereocenters. The lowest BCUT2D eigenvalue weighted by molar-refractivity contribution is -0.140. The van der Waals surface area contributed by atoms with E-state index < -0.39 is 46.8 Å². The summed E-state index contributed by atoms with van der Waals surface area (Å²) in [7, 11) is 0. The molecule has 2 amide bonds. The topological polar surface area (TPSA) is 49.9 Å². The molecule has 1 aromatic rings. The van der Waals surface area contributed by atoms with Gasteiger partial charge in [-0.25, -0.2) is 9.18 Å². The van der Waals surface area contributed by atoms with Crippen molar-refractivity contribution >= 4 is 27.9 Å². The number of rotatable bonds is 1. The Hall–Kier alpha value is -1.84. The van der Waals surface area contributed by atoms with Gasteiger partial charge in [0.05, 0.1) is 11.1 Å². The third kappa shape index (κ3) is 4.95. The normalized spacial score (nSPS) is 18.2. The maximum Gasteiger partial charge on any atom is 0.419 e. The Morgan fingerprint density at radius 2 is 1.79 bits per heavy atom. The molecule has 1 aliphatic heterocycles. The van der Waals surface area contributed by atoms with Crippen molar-refractivity contribution in [1.82, 2.24) is 9.80 Å². The minimum Gasteiger partial charge on any atom is -0.444 e. The van der Waals surface area contributed by atoms with E-state index in [2.05, 4.69) is 15.9 Å². The highest BCUT2D eigenvalue weighted by Crippen LogP contribution is 2.35. The van der Waals surface area contributed by atoms with E-state index in [0.29, 0.717) is 6.07 Å². The van der Waals surface area contributed by atoms with Gasteiger partial charge in [-0.2, -0.15) is 13.2 Å². The van der Waals surface area contributed by atoms with Gasteiger partial charge in [-0.3, -0.25) is 4.79 Å². The first-order valence-electron chi connectivity index (χ1n) is 8.56. The van der Waals surface area contributed by atoms with Crippen LogP contribution >= 0.6 is 15.9 Å². The summed E-state index contributed by atoms with van der Waals surface area (Å²) in [4.78, 5) is 27.6. The van der Waals surface area contributed by atoms with Crippen LogP contribution in [0, 0.1) is 5.82 Å². The summed E-state index contributed by atoms with van der Waals surface area (Å²) >= 11 is 2.96. The van der Waals surface area contributed by atoms with Crippen molar-refractivity contribution in [3.05, 3.63) is 33.5 Å². The molecule has 0 aliphatic carbocycles. The number of alkyl halides is 3. The maximum absolute atomic E-state index is 14.5. The van der Waals surface area contributed by atoms with E-state index in [9.17, 15) is 27.2 Å². The van der Waals surface area contributed by atoms with E-state index in [1.54, 1.807) is 27.7 Å². The van der Waals surface area contributed by atoms with Crippen LogP contribution in [-0.4, -0.2) is 53.1 Å². The number of halogens is 5. The van der Waals surface area contributed by atoms with E-state index in [1.165, 1.54) is 9.80 Å². The van der Waals surface area contributed by atoms with Crippen molar-refractivity contribution in [3.63, 3.8) is 0 Å². The lowest BCUT2D eigenvalue weighted by Gasteiger charge is -2.40. The molecule has 0 spiro atoms. The predicted molar refractivity (Wildman–Crippen MR) is 97.4 cm³/mol. The van der Waals surface area contributed by atoms with Crippen molar-refractivity contribution in [3.8, 4) is 0 Å². The Labute approximate surface area is 168 Å². The molecule has 156 valence electrons. The second-order valence-electron chi connectivity index (χ2n) is 7.56. The number of hydrogen-bond donors (Lipinski definition) is 0. The first kappa shape index (κ1) is 22.4. The van der Waals surface area contributed by atoms with Crippen LogP contribution in [0.4, 0.5) is 22.4 Å². The monoisotopic (exact) mass is 468 g/mol. The Morgan fingerprint density at radius 3 is 2.29 bits per heavy atom. The number of carbonyl (C=O) groups excluding carboxylic acids is 2. The van der Waals surface area contributed by atoms with E-state index in [4.69, 9.17) is 4.74 Å². The third-order valence-electron chi connectivity index (χ3n) is 4.15. The average Bonchev–Trinajstić information content (AvgIpc) is 2.51. The van der Waals surface area contributed by atoms with Gasteiger partial charge in [0.25, 0.3) is 5.91 Å². The fourth-order valence-electron chi connectivity index (χ4n) is 2.86. The molecule has 28 heavy (non-hydrogen) atoms. The smallest absolute Gasteiger partial charge is 0.419 e. The number of amides is 2. The number of carbonyl (C=O) groups is 2. The standard InChI is InChI=1S/C18H21BrF4N2O3/c1-10-9-24(16(27)28-17(2,3)4)7-8-25(10)15(26)13-12(19)6-5-11(14(13)20)18(21,22)23/h5-6,10H,7-9H2,1-4H3. The predicted octanol–water partition coefficient (Wildman–Crippen LogP) is 4.69. The molecule has 2 rings (SSSR count). The van der Waals surface area contributed by atoms with Gasteiger partial charge >= 0.3 is 12.3 Å². The van der Waals surface area contributed by atoms with Crippen molar-refractivity contribution in [2.24, 2.45) is 0 Å². The van der Waals surface area contributed by atoms with Crippen LogP contribution in [0.2, 0.25) is 0 Å². The molecule has 1 aliphatic rings. The highest BCUT2D eigenvalue weighted by molar-refractivity contribution is 9.10. The molecule has 0 N–H and O–H groups in total.